The highest BCUT2D eigenvalue weighted by Crippen LogP contribution is 2.23. The third-order valence-electron chi connectivity index (χ3n) is 12.5. The molecule has 6 unspecified atom stereocenters. The number of carbonyl (C=O) groups is 6. The molecule has 0 spiro atoms. The lowest BCUT2D eigenvalue weighted by Gasteiger charge is -2.36. The standard InChI is InChI=1S/C14H24N2O2.C9H18N2O.2C7H13NO2.C7H13NO.2CH2Cl2/c1-11(17)12-5-4-8-16(10-12)14(18)13-6-3-7-15(2)9-13;1-10(2)9(12)8-5-4-6-11(3)7-8;2*1-8-4-2-3-6(5-8)7(9)10;1-6(9)7-3-2-4-8-5-7;2*2-1-3/h12-13H,3-10H2,1-2H3;8H,4-7H2,1-3H3;2*6H,2-5H2,1H3,(H,9,10);7-8H,2-5H2,1H3;2*1H2. The molecule has 6 saturated heterocycles. The molecule has 6 atom stereocenters. The van der Waals surface area contributed by atoms with E-state index in [0.717, 1.165) is 149 Å². The fourth-order valence-electron chi connectivity index (χ4n) is 8.80. The van der Waals surface area contributed by atoms with Crippen molar-refractivity contribution in [1.29, 1.82) is 0 Å². The molecule has 0 aliphatic carbocycles. The van der Waals surface area contributed by atoms with Gasteiger partial charge < -0.3 is 44.9 Å². The van der Waals surface area contributed by atoms with E-state index in [9.17, 15) is 28.8 Å². The Morgan fingerprint density at radius 3 is 1.17 bits per heavy atom. The molecule has 6 aliphatic heterocycles. The Labute approximate surface area is 411 Å². The maximum absolute atomic E-state index is 12.5. The van der Waals surface area contributed by atoms with Crippen LogP contribution >= 0.6 is 46.4 Å². The van der Waals surface area contributed by atoms with Gasteiger partial charge >= 0.3 is 11.9 Å². The van der Waals surface area contributed by atoms with E-state index in [1.54, 1.807) is 18.7 Å². The topological polar surface area (TPSA) is 174 Å². The van der Waals surface area contributed by atoms with Crippen molar-refractivity contribution in [3.8, 4) is 0 Å². The largest absolute Gasteiger partial charge is 0.481 e. The molecule has 6 heterocycles. The molecule has 2 amide bonds. The zero-order chi connectivity index (χ0) is 49.5. The molecule has 380 valence electrons. The number of piperidine rings is 6. The van der Waals surface area contributed by atoms with Crippen molar-refractivity contribution in [1.82, 2.24) is 34.7 Å². The van der Waals surface area contributed by atoms with Gasteiger partial charge in [-0.1, -0.05) is 0 Å². The van der Waals surface area contributed by atoms with Crippen LogP contribution in [0, 0.1) is 35.5 Å². The van der Waals surface area contributed by atoms with Gasteiger partial charge in [-0.3, -0.25) is 28.8 Å². The number of hydrogen-bond donors (Lipinski definition) is 3. The number of likely N-dealkylation sites (tertiary alicyclic amines) is 5. The summed E-state index contributed by atoms with van der Waals surface area (Å²) in [7, 11) is 11.8. The molecular formula is C46H85Cl4N7O8. The molecular weight excluding hydrogens is 920 g/mol. The summed E-state index contributed by atoms with van der Waals surface area (Å²) in [6.07, 6.45) is 12.2. The second-order valence-corrected chi connectivity index (χ2v) is 20.0. The monoisotopic (exact) mass is 1000 g/mol. The van der Waals surface area contributed by atoms with E-state index < -0.39 is 11.9 Å². The van der Waals surface area contributed by atoms with Crippen molar-refractivity contribution in [2.45, 2.75) is 90.9 Å². The second kappa shape index (κ2) is 37.1. The van der Waals surface area contributed by atoms with Crippen molar-refractivity contribution >= 4 is 81.7 Å². The molecule has 0 saturated carbocycles. The zero-order valence-electron chi connectivity index (χ0n) is 40.9. The maximum Gasteiger partial charge on any atom is 0.307 e. The minimum atomic E-state index is -0.647. The van der Waals surface area contributed by atoms with Gasteiger partial charge in [0.2, 0.25) is 11.8 Å². The Morgan fingerprint density at radius 1 is 0.508 bits per heavy atom. The summed E-state index contributed by atoms with van der Waals surface area (Å²) in [6.45, 7) is 14.4. The van der Waals surface area contributed by atoms with Gasteiger partial charge in [0.05, 0.1) is 34.3 Å². The van der Waals surface area contributed by atoms with E-state index in [2.05, 4.69) is 39.0 Å². The van der Waals surface area contributed by atoms with Crippen molar-refractivity contribution in [2.75, 3.05) is 132 Å². The van der Waals surface area contributed by atoms with Crippen molar-refractivity contribution in [2.24, 2.45) is 35.5 Å². The van der Waals surface area contributed by atoms with Gasteiger partial charge in [0, 0.05) is 71.7 Å². The average molecular weight is 1010 g/mol. The number of ketones is 2. The normalized spacial score (nSPS) is 26.2. The van der Waals surface area contributed by atoms with Crippen molar-refractivity contribution in [3.63, 3.8) is 0 Å². The molecule has 15 nitrogen and oxygen atoms in total. The summed E-state index contributed by atoms with van der Waals surface area (Å²) in [6, 6.07) is 0. The fraction of sp³-hybridized carbons (Fsp3) is 0.870. The third kappa shape index (κ3) is 29.0. The first-order chi connectivity index (χ1) is 30.7. The number of alkyl halides is 4. The van der Waals surface area contributed by atoms with Crippen LogP contribution in [0.25, 0.3) is 0 Å². The second-order valence-electron chi connectivity index (χ2n) is 18.4. The molecule has 6 rings (SSSR count). The van der Waals surface area contributed by atoms with Crippen LogP contribution in [0.1, 0.15) is 90.9 Å². The van der Waals surface area contributed by atoms with Gasteiger partial charge in [0.25, 0.3) is 0 Å². The molecule has 6 fully saturated rings. The molecule has 0 radical (unpaired) electrons. The highest BCUT2D eigenvalue weighted by molar-refractivity contribution is 6.41. The van der Waals surface area contributed by atoms with E-state index in [0.29, 0.717) is 18.2 Å². The van der Waals surface area contributed by atoms with Gasteiger partial charge in [-0.25, -0.2) is 0 Å². The van der Waals surface area contributed by atoms with Crippen molar-refractivity contribution in [3.05, 3.63) is 0 Å². The summed E-state index contributed by atoms with van der Waals surface area (Å²) in [5, 5.41) is 20.8. The molecule has 3 N–H and O–H groups in total. The Balaban J connectivity index is 0.000000781. The van der Waals surface area contributed by atoms with Crippen LogP contribution in [0.5, 0.6) is 0 Å². The van der Waals surface area contributed by atoms with Gasteiger partial charge in [-0.2, -0.15) is 0 Å². The number of carbonyl (C=O) groups excluding carboxylic acids is 4. The lowest BCUT2D eigenvalue weighted by Crippen LogP contribution is -2.48. The lowest BCUT2D eigenvalue weighted by molar-refractivity contribution is -0.144. The fourth-order valence-corrected chi connectivity index (χ4v) is 8.80. The zero-order valence-corrected chi connectivity index (χ0v) is 43.9. The maximum atomic E-state index is 12.5. The number of Topliss-reactive ketones (excluding diaryl/α,β-unsaturated/α-hetero) is 2. The van der Waals surface area contributed by atoms with Gasteiger partial charge in [0.1, 0.15) is 11.6 Å². The molecule has 65 heavy (non-hydrogen) atoms. The number of amides is 2. The number of halogens is 4. The van der Waals surface area contributed by atoms with Crippen molar-refractivity contribution < 1.29 is 39.0 Å². The number of hydrogen-bond acceptors (Lipinski definition) is 11. The van der Waals surface area contributed by atoms with Crippen LogP contribution in [0.2, 0.25) is 0 Å². The van der Waals surface area contributed by atoms with Crippen LogP contribution < -0.4 is 5.32 Å². The number of nitrogens with one attached hydrogen (secondary N) is 1. The quantitative estimate of drug-likeness (QED) is 0.272. The average Bonchev–Trinajstić information content (AvgIpc) is 3.27. The van der Waals surface area contributed by atoms with Crippen LogP contribution in [-0.2, 0) is 28.8 Å². The van der Waals surface area contributed by atoms with Gasteiger partial charge in [-0.05, 0) is 152 Å². The highest BCUT2D eigenvalue weighted by atomic mass is 35.5. The molecule has 0 aromatic carbocycles. The number of nitrogens with zero attached hydrogens (tertiary/aromatic N) is 6. The summed E-state index contributed by atoms with van der Waals surface area (Å²) in [5.74, 6) is 0.330. The SMILES string of the molecule is CC(=O)C1CCCN(C(=O)C2CCCN(C)C2)C1.CC(=O)C1CCCNC1.CN1CCCC(C(=O)N(C)C)C1.CN1CCCC(C(=O)O)C1.CN1CCCC(C(=O)O)C1.ClCCl.ClCCl. The highest BCUT2D eigenvalue weighted by Gasteiger charge is 2.32. The van der Waals surface area contributed by atoms with Crippen LogP contribution in [0.4, 0.5) is 0 Å². The van der Waals surface area contributed by atoms with Gasteiger partial charge in [-0.15, -0.1) is 46.4 Å². The van der Waals surface area contributed by atoms with Crippen LogP contribution in [0.3, 0.4) is 0 Å². The predicted molar refractivity (Wildman–Crippen MR) is 264 cm³/mol. The number of aliphatic carboxylic acids is 2. The molecule has 0 bridgehead atoms. The first kappa shape index (κ1) is 63.2. The van der Waals surface area contributed by atoms with E-state index >= 15 is 0 Å². The third-order valence-corrected chi connectivity index (χ3v) is 12.5. The van der Waals surface area contributed by atoms with E-state index in [1.165, 1.54) is 0 Å². The summed E-state index contributed by atoms with van der Waals surface area (Å²) >= 11 is 19.1. The molecule has 6 aliphatic rings. The predicted octanol–water partition coefficient (Wildman–Crippen LogP) is 5.82. The Bertz CT molecular complexity index is 1330. The minimum Gasteiger partial charge on any atom is -0.481 e. The van der Waals surface area contributed by atoms with E-state index in [-0.39, 0.29) is 57.9 Å². The Kier molecular flexibility index (Phi) is 36.1. The minimum absolute atomic E-state index is 0.0732. The van der Waals surface area contributed by atoms with E-state index in [4.69, 9.17) is 56.6 Å². The van der Waals surface area contributed by atoms with Crippen LogP contribution in [0.15, 0.2) is 0 Å². The smallest absolute Gasteiger partial charge is 0.307 e. The molecule has 0 aromatic rings. The summed E-state index contributed by atoms with van der Waals surface area (Å²) in [5.41, 5.74) is 0. The Hall–Kier alpha value is -1.82. The molecule has 0 aromatic heterocycles. The molecule has 19 heteroatoms. The van der Waals surface area contributed by atoms with E-state index in [1.807, 2.05) is 33.1 Å². The summed E-state index contributed by atoms with van der Waals surface area (Å²) < 4.78 is 0. The van der Waals surface area contributed by atoms with Gasteiger partial charge in [0.15, 0.2) is 0 Å². The first-order valence-electron chi connectivity index (χ1n) is 23.4. The van der Waals surface area contributed by atoms with Crippen LogP contribution in [-0.4, -0.2) is 206 Å². The number of carboxylic acids is 2. The lowest BCUT2D eigenvalue weighted by atomic mass is 9.91. The Morgan fingerprint density at radius 2 is 0.846 bits per heavy atom. The number of carboxylic acid groups (broad SMARTS) is 2. The summed E-state index contributed by atoms with van der Waals surface area (Å²) in [4.78, 5) is 79.4. The number of rotatable bonds is 6. The first-order valence-corrected chi connectivity index (χ1v) is 25.5.